The number of nitro benzene ring substituents is 1. The van der Waals surface area contributed by atoms with Crippen molar-refractivity contribution < 1.29 is 27.2 Å². The molecule has 0 radical (unpaired) electrons. The summed E-state index contributed by atoms with van der Waals surface area (Å²) in [5.41, 5.74) is -0.666. The Morgan fingerprint density at radius 3 is 2.71 bits per heavy atom. The van der Waals surface area contributed by atoms with Crippen molar-refractivity contribution in [3.63, 3.8) is 0 Å². The Labute approximate surface area is 124 Å². The number of rotatable bonds is 4. The van der Waals surface area contributed by atoms with E-state index in [9.17, 15) is 22.9 Å². The second kappa shape index (κ2) is 6.12. The number of nitro groups is 1. The standard InChI is InChI=1S/C11H11ClFNO6S/c12-21(17,18)11-5-9(14(15)16)10(4-8(11)13)20-7-2-1-3-19-6-7/h4-5,7H,1-3,6H2. The summed E-state index contributed by atoms with van der Waals surface area (Å²) in [6, 6.07) is 1.21. The van der Waals surface area contributed by atoms with E-state index in [1.807, 2.05) is 0 Å². The van der Waals surface area contributed by atoms with Crippen molar-refractivity contribution in [2.75, 3.05) is 13.2 Å². The van der Waals surface area contributed by atoms with Gasteiger partial charge in [0.05, 0.1) is 11.5 Å². The first-order chi connectivity index (χ1) is 9.79. The number of halogens is 2. The highest BCUT2D eigenvalue weighted by Crippen LogP contribution is 2.34. The molecule has 0 aromatic heterocycles. The first-order valence-corrected chi connectivity index (χ1v) is 8.27. The minimum atomic E-state index is -4.43. The van der Waals surface area contributed by atoms with Crippen LogP contribution in [0.3, 0.4) is 0 Å². The van der Waals surface area contributed by atoms with Gasteiger partial charge < -0.3 is 9.47 Å². The smallest absolute Gasteiger partial charge is 0.312 e. The summed E-state index contributed by atoms with van der Waals surface area (Å²) in [5, 5.41) is 11.0. The summed E-state index contributed by atoms with van der Waals surface area (Å²) in [6.45, 7) is 0.800. The molecule has 1 aliphatic rings. The lowest BCUT2D eigenvalue weighted by molar-refractivity contribution is -0.386. The first-order valence-electron chi connectivity index (χ1n) is 5.96. The molecule has 0 bridgehead atoms. The SMILES string of the molecule is O=[N+]([O-])c1cc(S(=O)(=O)Cl)c(F)cc1OC1CCCOC1. The van der Waals surface area contributed by atoms with Crippen molar-refractivity contribution in [1.29, 1.82) is 0 Å². The zero-order valence-electron chi connectivity index (χ0n) is 10.6. The molecule has 7 nitrogen and oxygen atoms in total. The molecular formula is C11H11ClFNO6S. The van der Waals surface area contributed by atoms with E-state index in [0.29, 0.717) is 25.2 Å². The van der Waals surface area contributed by atoms with Gasteiger partial charge in [0.1, 0.15) is 16.8 Å². The second-order valence-electron chi connectivity index (χ2n) is 4.40. The quantitative estimate of drug-likeness (QED) is 0.474. The van der Waals surface area contributed by atoms with Crippen molar-refractivity contribution in [3.05, 3.63) is 28.1 Å². The van der Waals surface area contributed by atoms with Crippen LogP contribution in [-0.4, -0.2) is 32.7 Å². The van der Waals surface area contributed by atoms with Crippen LogP contribution in [0.5, 0.6) is 5.75 Å². The third-order valence-corrected chi connectivity index (χ3v) is 4.22. The lowest BCUT2D eigenvalue weighted by Gasteiger charge is -2.23. The Balaban J connectivity index is 2.40. The number of benzene rings is 1. The Hall–Kier alpha value is -1.45. The second-order valence-corrected chi connectivity index (χ2v) is 6.94. The van der Waals surface area contributed by atoms with Crippen LogP contribution in [0.1, 0.15) is 12.8 Å². The predicted molar refractivity (Wildman–Crippen MR) is 70.6 cm³/mol. The van der Waals surface area contributed by atoms with Gasteiger partial charge in [0, 0.05) is 29.4 Å². The molecule has 0 saturated carbocycles. The van der Waals surface area contributed by atoms with E-state index in [1.54, 1.807) is 0 Å². The largest absolute Gasteiger partial charge is 0.481 e. The first kappa shape index (κ1) is 15.9. The Bertz CT molecular complexity index is 659. The molecule has 1 saturated heterocycles. The summed E-state index contributed by atoms with van der Waals surface area (Å²) in [6.07, 6.45) is 0.874. The summed E-state index contributed by atoms with van der Waals surface area (Å²) in [4.78, 5) is 9.18. The lowest BCUT2D eigenvalue weighted by Crippen LogP contribution is -2.28. The molecule has 10 heteroatoms. The molecule has 1 aromatic rings. The fourth-order valence-corrected chi connectivity index (χ4v) is 2.83. The average molecular weight is 340 g/mol. The van der Waals surface area contributed by atoms with Gasteiger partial charge in [0.25, 0.3) is 9.05 Å². The highest BCUT2D eigenvalue weighted by Gasteiger charge is 2.27. The molecule has 1 aromatic carbocycles. The summed E-state index contributed by atoms with van der Waals surface area (Å²) >= 11 is 0. The minimum absolute atomic E-state index is 0.230. The topological polar surface area (TPSA) is 95.7 Å². The van der Waals surface area contributed by atoms with Gasteiger partial charge in [-0.1, -0.05) is 0 Å². The van der Waals surface area contributed by atoms with Gasteiger partial charge in [0.2, 0.25) is 0 Å². The normalized spacial score (nSPS) is 19.2. The molecular weight excluding hydrogens is 329 g/mol. The molecule has 0 amide bonds. The van der Waals surface area contributed by atoms with E-state index in [0.717, 1.165) is 6.42 Å². The zero-order chi connectivity index (χ0) is 15.6. The lowest BCUT2D eigenvalue weighted by atomic mass is 10.2. The van der Waals surface area contributed by atoms with Gasteiger partial charge in [-0.25, -0.2) is 12.8 Å². The molecule has 116 valence electrons. The molecule has 0 spiro atoms. The maximum atomic E-state index is 13.7. The van der Waals surface area contributed by atoms with E-state index >= 15 is 0 Å². The van der Waals surface area contributed by atoms with E-state index in [-0.39, 0.29) is 12.4 Å². The molecule has 1 fully saturated rings. The van der Waals surface area contributed by atoms with Gasteiger partial charge in [-0.05, 0) is 12.8 Å². The third kappa shape index (κ3) is 3.80. The van der Waals surface area contributed by atoms with Gasteiger partial charge >= 0.3 is 5.69 Å². The van der Waals surface area contributed by atoms with E-state index in [1.165, 1.54) is 0 Å². The van der Waals surface area contributed by atoms with Crippen LogP contribution in [0.15, 0.2) is 17.0 Å². The van der Waals surface area contributed by atoms with Crippen molar-refractivity contribution in [1.82, 2.24) is 0 Å². The maximum Gasteiger partial charge on any atom is 0.312 e. The van der Waals surface area contributed by atoms with Crippen LogP contribution in [0.25, 0.3) is 0 Å². The molecule has 2 rings (SSSR count). The van der Waals surface area contributed by atoms with Crippen LogP contribution in [-0.2, 0) is 13.8 Å². The van der Waals surface area contributed by atoms with Crippen molar-refractivity contribution in [2.45, 2.75) is 23.8 Å². The predicted octanol–water partition coefficient (Wildman–Crippen LogP) is 2.22. The molecule has 1 atom stereocenters. The van der Waals surface area contributed by atoms with Crippen molar-refractivity contribution in [3.8, 4) is 5.75 Å². The van der Waals surface area contributed by atoms with Gasteiger partial charge in [0.15, 0.2) is 5.75 Å². The number of hydrogen-bond donors (Lipinski definition) is 0. The van der Waals surface area contributed by atoms with Gasteiger partial charge in [-0.3, -0.25) is 10.1 Å². The number of ether oxygens (including phenoxy) is 2. The number of nitrogens with zero attached hydrogens (tertiary/aromatic N) is 1. The molecule has 21 heavy (non-hydrogen) atoms. The Morgan fingerprint density at radius 2 is 2.19 bits per heavy atom. The summed E-state index contributed by atoms with van der Waals surface area (Å²) in [7, 11) is 0.607. The monoisotopic (exact) mass is 339 g/mol. The van der Waals surface area contributed by atoms with Crippen LogP contribution >= 0.6 is 10.7 Å². The summed E-state index contributed by atoms with van der Waals surface area (Å²) < 4.78 is 46.6. The van der Waals surface area contributed by atoms with Crippen molar-refractivity contribution in [2.24, 2.45) is 0 Å². The summed E-state index contributed by atoms with van der Waals surface area (Å²) in [5.74, 6) is -1.56. The van der Waals surface area contributed by atoms with E-state index in [4.69, 9.17) is 20.2 Å². The van der Waals surface area contributed by atoms with Crippen molar-refractivity contribution >= 4 is 25.4 Å². The highest BCUT2D eigenvalue weighted by atomic mass is 35.7. The van der Waals surface area contributed by atoms with Gasteiger partial charge in [-0.2, -0.15) is 0 Å². The molecule has 1 aliphatic heterocycles. The fourth-order valence-electron chi connectivity index (χ4n) is 1.93. The molecule has 1 heterocycles. The van der Waals surface area contributed by atoms with Crippen LogP contribution < -0.4 is 4.74 Å². The van der Waals surface area contributed by atoms with Crippen LogP contribution in [0.4, 0.5) is 10.1 Å². The maximum absolute atomic E-state index is 13.7. The fraction of sp³-hybridized carbons (Fsp3) is 0.455. The number of hydrogen-bond acceptors (Lipinski definition) is 6. The molecule has 0 aliphatic carbocycles. The third-order valence-electron chi connectivity index (χ3n) is 2.88. The molecule has 0 N–H and O–H groups in total. The Kier molecular flexibility index (Phi) is 4.64. The Morgan fingerprint density at radius 1 is 1.48 bits per heavy atom. The van der Waals surface area contributed by atoms with Gasteiger partial charge in [-0.15, -0.1) is 0 Å². The van der Waals surface area contributed by atoms with Crippen LogP contribution in [0, 0.1) is 15.9 Å². The van der Waals surface area contributed by atoms with Crippen LogP contribution in [0.2, 0.25) is 0 Å². The minimum Gasteiger partial charge on any atom is -0.481 e. The zero-order valence-corrected chi connectivity index (χ0v) is 12.2. The highest BCUT2D eigenvalue weighted by molar-refractivity contribution is 8.13. The average Bonchev–Trinajstić information content (AvgIpc) is 2.38. The molecule has 1 unspecified atom stereocenters. The van der Waals surface area contributed by atoms with E-state index in [2.05, 4.69) is 0 Å². The van der Waals surface area contributed by atoms with E-state index < -0.39 is 36.5 Å².